The van der Waals surface area contributed by atoms with E-state index in [2.05, 4.69) is 10.2 Å². The standard InChI is InChI=1S/C9H18N2O3/c1-7(9(12)13)10-5-8-6-11(2)3-4-14-8/h7-8,10H,3-6H2,1-2H3,(H,12,13). The molecule has 2 atom stereocenters. The Morgan fingerprint density at radius 1 is 1.79 bits per heavy atom. The summed E-state index contributed by atoms with van der Waals surface area (Å²) < 4.78 is 5.48. The SMILES string of the molecule is CC(NCC1CN(C)CCO1)C(=O)O. The Morgan fingerprint density at radius 3 is 3.07 bits per heavy atom. The summed E-state index contributed by atoms with van der Waals surface area (Å²) >= 11 is 0. The zero-order valence-corrected chi connectivity index (χ0v) is 8.69. The van der Waals surface area contributed by atoms with Crippen LogP contribution in [0.4, 0.5) is 0 Å². The van der Waals surface area contributed by atoms with Crippen LogP contribution in [-0.4, -0.2) is 61.4 Å². The zero-order valence-electron chi connectivity index (χ0n) is 8.69. The normalized spacial score (nSPS) is 26.0. The predicted molar refractivity (Wildman–Crippen MR) is 52.3 cm³/mol. The molecule has 0 bridgehead atoms. The van der Waals surface area contributed by atoms with E-state index in [4.69, 9.17) is 9.84 Å². The largest absolute Gasteiger partial charge is 0.480 e. The summed E-state index contributed by atoms with van der Waals surface area (Å²) in [6.07, 6.45) is 0.107. The number of morpholine rings is 1. The maximum absolute atomic E-state index is 10.5. The van der Waals surface area contributed by atoms with E-state index in [0.717, 1.165) is 19.7 Å². The first-order chi connectivity index (χ1) is 6.59. The maximum Gasteiger partial charge on any atom is 0.320 e. The molecule has 1 rings (SSSR count). The molecule has 1 aliphatic heterocycles. The fourth-order valence-corrected chi connectivity index (χ4v) is 1.39. The second kappa shape index (κ2) is 5.29. The third-order valence-corrected chi connectivity index (χ3v) is 2.36. The lowest BCUT2D eigenvalue weighted by atomic mass is 10.2. The van der Waals surface area contributed by atoms with Crippen LogP contribution in [0.5, 0.6) is 0 Å². The molecule has 2 unspecified atom stereocenters. The van der Waals surface area contributed by atoms with Gasteiger partial charge >= 0.3 is 5.97 Å². The van der Waals surface area contributed by atoms with Crippen molar-refractivity contribution < 1.29 is 14.6 Å². The van der Waals surface area contributed by atoms with Gasteiger partial charge in [0.05, 0.1) is 12.7 Å². The number of rotatable bonds is 4. The summed E-state index contributed by atoms with van der Waals surface area (Å²) in [5.74, 6) is -0.825. The summed E-state index contributed by atoms with van der Waals surface area (Å²) in [6, 6.07) is -0.508. The molecule has 0 aromatic rings. The zero-order chi connectivity index (χ0) is 10.6. The Bertz CT molecular complexity index is 198. The van der Waals surface area contributed by atoms with Crippen LogP contribution < -0.4 is 5.32 Å². The van der Waals surface area contributed by atoms with Crippen LogP contribution in [0.15, 0.2) is 0 Å². The molecule has 0 aromatic carbocycles. The average Bonchev–Trinajstić information content (AvgIpc) is 2.14. The fraction of sp³-hybridized carbons (Fsp3) is 0.889. The van der Waals surface area contributed by atoms with Gasteiger partial charge in [0.15, 0.2) is 0 Å². The van der Waals surface area contributed by atoms with Crippen molar-refractivity contribution in [3.8, 4) is 0 Å². The topological polar surface area (TPSA) is 61.8 Å². The first-order valence-electron chi connectivity index (χ1n) is 4.86. The van der Waals surface area contributed by atoms with Gasteiger partial charge in [0, 0.05) is 19.6 Å². The second-order valence-electron chi connectivity index (χ2n) is 3.72. The van der Waals surface area contributed by atoms with E-state index in [1.54, 1.807) is 6.92 Å². The lowest BCUT2D eigenvalue weighted by Crippen LogP contribution is -2.47. The second-order valence-corrected chi connectivity index (χ2v) is 3.72. The van der Waals surface area contributed by atoms with Crippen molar-refractivity contribution in [3.63, 3.8) is 0 Å². The number of carboxylic acid groups (broad SMARTS) is 1. The number of nitrogens with one attached hydrogen (secondary N) is 1. The Hall–Kier alpha value is -0.650. The van der Waals surface area contributed by atoms with Crippen LogP contribution in [0.2, 0.25) is 0 Å². The Balaban J connectivity index is 2.20. The highest BCUT2D eigenvalue weighted by Gasteiger charge is 2.19. The quantitative estimate of drug-likeness (QED) is 0.636. The van der Waals surface area contributed by atoms with Crippen molar-refractivity contribution in [2.75, 3.05) is 33.3 Å². The van der Waals surface area contributed by atoms with Gasteiger partial charge in [-0.05, 0) is 14.0 Å². The summed E-state index contributed by atoms with van der Waals surface area (Å²) in [6.45, 7) is 4.77. The Kier molecular flexibility index (Phi) is 4.31. The molecule has 0 spiro atoms. The van der Waals surface area contributed by atoms with Crippen molar-refractivity contribution in [3.05, 3.63) is 0 Å². The number of carbonyl (C=O) groups is 1. The fourth-order valence-electron chi connectivity index (χ4n) is 1.39. The van der Waals surface area contributed by atoms with Gasteiger partial charge in [-0.15, -0.1) is 0 Å². The highest BCUT2D eigenvalue weighted by atomic mass is 16.5. The van der Waals surface area contributed by atoms with Crippen molar-refractivity contribution in [2.24, 2.45) is 0 Å². The van der Waals surface area contributed by atoms with Crippen LogP contribution in [-0.2, 0) is 9.53 Å². The number of nitrogens with zero attached hydrogens (tertiary/aromatic N) is 1. The Labute approximate surface area is 84.0 Å². The van der Waals surface area contributed by atoms with Gasteiger partial charge in [0.25, 0.3) is 0 Å². The molecule has 1 aliphatic rings. The minimum absolute atomic E-state index is 0.107. The number of hydrogen-bond donors (Lipinski definition) is 2. The number of carboxylic acids is 1. The highest BCUT2D eigenvalue weighted by Crippen LogP contribution is 2.01. The van der Waals surface area contributed by atoms with Crippen molar-refractivity contribution in [2.45, 2.75) is 19.1 Å². The first kappa shape index (κ1) is 11.4. The van der Waals surface area contributed by atoms with Crippen LogP contribution in [0.1, 0.15) is 6.92 Å². The number of aliphatic carboxylic acids is 1. The lowest BCUT2D eigenvalue weighted by Gasteiger charge is -2.30. The van der Waals surface area contributed by atoms with Gasteiger partial charge in [0.1, 0.15) is 6.04 Å². The average molecular weight is 202 g/mol. The van der Waals surface area contributed by atoms with Gasteiger partial charge in [-0.3, -0.25) is 4.79 Å². The molecule has 1 fully saturated rings. The molecule has 1 saturated heterocycles. The van der Waals surface area contributed by atoms with E-state index < -0.39 is 12.0 Å². The van der Waals surface area contributed by atoms with Crippen molar-refractivity contribution in [1.29, 1.82) is 0 Å². The molecule has 1 heterocycles. The molecule has 0 aromatic heterocycles. The minimum atomic E-state index is -0.825. The molecule has 2 N–H and O–H groups in total. The minimum Gasteiger partial charge on any atom is -0.480 e. The van der Waals surface area contributed by atoms with Crippen LogP contribution in [0.3, 0.4) is 0 Å². The Morgan fingerprint density at radius 2 is 2.50 bits per heavy atom. The molecule has 5 nitrogen and oxygen atoms in total. The molecular formula is C9H18N2O3. The summed E-state index contributed by atoms with van der Waals surface area (Å²) in [7, 11) is 2.04. The highest BCUT2D eigenvalue weighted by molar-refractivity contribution is 5.72. The molecule has 14 heavy (non-hydrogen) atoms. The molecule has 82 valence electrons. The van der Waals surface area contributed by atoms with Crippen LogP contribution in [0.25, 0.3) is 0 Å². The number of ether oxygens (including phenoxy) is 1. The molecule has 0 aliphatic carbocycles. The first-order valence-corrected chi connectivity index (χ1v) is 4.86. The summed E-state index contributed by atoms with van der Waals surface area (Å²) in [4.78, 5) is 12.7. The van der Waals surface area contributed by atoms with Crippen molar-refractivity contribution in [1.82, 2.24) is 10.2 Å². The summed E-state index contributed by atoms with van der Waals surface area (Å²) in [5.41, 5.74) is 0. The molecule has 5 heteroatoms. The molecular weight excluding hydrogens is 184 g/mol. The molecule has 0 saturated carbocycles. The van der Waals surface area contributed by atoms with Gasteiger partial charge < -0.3 is 20.1 Å². The number of likely N-dealkylation sites (N-methyl/N-ethyl adjacent to an activating group) is 1. The van der Waals surface area contributed by atoms with Crippen LogP contribution >= 0.6 is 0 Å². The van der Waals surface area contributed by atoms with E-state index in [-0.39, 0.29) is 6.10 Å². The molecule has 0 amide bonds. The van der Waals surface area contributed by atoms with Crippen molar-refractivity contribution >= 4 is 5.97 Å². The van der Waals surface area contributed by atoms with Gasteiger partial charge in [-0.1, -0.05) is 0 Å². The van der Waals surface area contributed by atoms with E-state index in [9.17, 15) is 4.79 Å². The van der Waals surface area contributed by atoms with E-state index in [0.29, 0.717) is 6.54 Å². The van der Waals surface area contributed by atoms with Gasteiger partial charge in [0.2, 0.25) is 0 Å². The predicted octanol–water partition coefficient (Wildman–Crippen LogP) is -0.620. The monoisotopic (exact) mass is 202 g/mol. The maximum atomic E-state index is 10.5. The van der Waals surface area contributed by atoms with E-state index in [1.807, 2.05) is 7.05 Å². The molecule has 0 radical (unpaired) electrons. The van der Waals surface area contributed by atoms with Gasteiger partial charge in [-0.2, -0.15) is 0 Å². The lowest BCUT2D eigenvalue weighted by molar-refractivity contribution is -0.139. The van der Waals surface area contributed by atoms with Gasteiger partial charge in [-0.25, -0.2) is 0 Å². The van der Waals surface area contributed by atoms with E-state index >= 15 is 0 Å². The van der Waals surface area contributed by atoms with Crippen LogP contribution in [0, 0.1) is 0 Å². The third kappa shape index (κ3) is 3.61. The third-order valence-electron chi connectivity index (χ3n) is 2.36. The smallest absolute Gasteiger partial charge is 0.320 e. The number of hydrogen-bond acceptors (Lipinski definition) is 4. The van der Waals surface area contributed by atoms with E-state index in [1.165, 1.54) is 0 Å². The summed E-state index contributed by atoms with van der Waals surface area (Å²) in [5, 5.41) is 11.6.